The zero-order chi connectivity index (χ0) is 15.4. The Labute approximate surface area is 141 Å². The van der Waals surface area contributed by atoms with Crippen LogP contribution < -0.4 is 11.1 Å². The molecule has 0 bridgehead atoms. The number of hydrogen-bond acceptors (Lipinski definition) is 2. The summed E-state index contributed by atoms with van der Waals surface area (Å²) in [5, 5.41) is 3.39. The highest BCUT2D eigenvalue weighted by atomic mass is 79.9. The Hall–Kier alpha value is -1.07. The lowest BCUT2D eigenvalue weighted by molar-refractivity contribution is -0.117. The van der Waals surface area contributed by atoms with Crippen molar-refractivity contribution in [3.63, 3.8) is 0 Å². The molecule has 2 aromatic carbocycles. The molecule has 1 amide bonds. The van der Waals surface area contributed by atoms with E-state index in [1.807, 2.05) is 30.3 Å². The average molecular weight is 388 g/mol. The number of nitrogens with one attached hydrogen (secondary N) is 1. The van der Waals surface area contributed by atoms with E-state index in [0.29, 0.717) is 22.2 Å². The number of nitrogens with two attached hydrogens (primary N) is 1. The zero-order valence-corrected chi connectivity index (χ0v) is 14.0. The smallest absolute Gasteiger partial charge is 0.241 e. The number of anilines is 1. The van der Waals surface area contributed by atoms with E-state index in [2.05, 4.69) is 21.2 Å². The lowest BCUT2D eigenvalue weighted by Gasteiger charge is -2.14. The van der Waals surface area contributed by atoms with Crippen molar-refractivity contribution in [3.05, 3.63) is 62.5 Å². The first-order chi connectivity index (χ1) is 9.97. The zero-order valence-electron chi connectivity index (χ0n) is 10.9. The van der Waals surface area contributed by atoms with Gasteiger partial charge in [-0.25, -0.2) is 0 Å². The van der Waals surface area contributed by atoms with Crippen molar-refractivity contribution >= 4 is 50.7 Å². The van der Waals surface area contributed by atoms with Crippen molar-refractivity contribution in [2.45, 2.75) is 12.5 Å². The van der Waals surface area contributed by atoms with E-state index in [4.69, 9.17) is 28.9 Å². The maximum Gasteiger partial charge on any atom is 0.241 e. The molecule has 0 fully saturated rings. The van der Waals surface area contributed by atoms with Gasteiger partial charge in [0.1, 0.15) is 0 Å². The molecule has 0 radical (unpaired) electrons. The van der Waals surface area contributed by atoms with Gasteiger partial charge in [-0.15, -0.1) is 0 Å². The van der Waals surface area contributed by atoms with Gasteiger partial charge in [0.05, 0.1) is 21.8 Å². The van der Waals surface area contributed by atoms with Crippen molar-refractivity contribution in [2.24, 2.45) is 5.73 Å². The molecular weight excluding hydrogens is 375 g/mol. The molecule has 1 atom stereocenters. The molecule has 1 unspecified atom stereocenters. The second-order valence-corrected chi connectivity index (χ2v) is 6.26. The van der Waals surface area contributed by atoms with Crippen LogP contribution in [0.1, 0.15) is 5.56 Å². The normalized spacial score (nSPS) is 12.0. The first kappa shape index (κ1) is 16.3. The quantitative estimate of drug-likeness (QED) is 0.823. The van der Waals surface area contributed by atoms with Gasteiger partial charge in [-0.3, -0.25) is 4.79 Å². The average Bonchev–Trinajstić information content (AvgIpc) is 2.43. The third-order valence-electron chi connectivity index (χ3n) is 2.89. The Morgan fingerprint density at radius 2 is 1.76 bits per heavy atom. The molecular formula is C15H13BrCl2N2O. The summed E-state index contributed by atoms with van der Waals surface area (Å²) in [4.78, 5) is 12.1. The number of benzene rings is 2. The number of rotatable bonds is 4. The highest BCUT2D eigenvalue weighted by Gasteiger charge is 2.17. The Morgan fingerprint density at radius 3 is 2.33 bits per heavy atom. The molecule has 0 heterocycles. The fourth-order valence-corrected chi connectivity index (χ4v) is 3.14. The Balaban J connectivity index is 2.08. The van der Waals surface area contributed by atoms with E-state index in [1.165, 1.54) is 0 Å². The fourth-order valence-electron chi connectivity index (χ4n) is 1.84. The highest BCUT2D eigenvalue weighted by molar-refractivity contribution is 9.10. The second kappa shape index (κ2) is 7.27. The van der Waals surface area contributed by atoms with Crippen LogP contribution in [0.3, 0.4) is 0 Å². The molecule has 21 heavy (non-hydrogen) atoms. The van der Waals surface area contributed by atoms with Gasteiger partial charge < -0.3 is 11.1 Å². The first-order valence-corrected chi connectivity index (χ1v) is 7.77. The van der Waals surface area contributed by atoms with Gasteiger partial charge in [-0.1, -0.05) is 69.5 Å². The van der Waals surface area contributed by atoms with Crippen LogP contribution in [0.2, 0.25) is 10.0 Å². The van der Waals surface area contributed by atoms with Crippen LogP contribution in [0.4, 0.5) is 5.69 Å². The van der Waals surface area contributed by atoms with Crippen molar-refractivity contribution in [3.8, 4) is 0 Å². The minimum absolute atomic E-state index is 0.329. The predicted octanol–water partition coefficient (Wildman–Crippen LogP) is 4.26. The monoisotopic (exact) mass is 386 g/mol. The summed E-state index contributed by atoms with van der Waals surface area (Å²) >= 11 is 15.4. The van der Waals surface area contributed by atoms with Crippen LogP contribution in [-0.4, -0.2) is 11.9 Å². The molecule has 0 saturated heterocycles. The summed E-state index contributed by atoms with van der Waals surface area (Å²) in [6.45, 7) is 0. The summed E-state index contributed by atoms with van der Waals surface area (Å²) in [6, 6.07) is 12.2. The maximum absolute atomic E-state index is 12.1. The minimum atomic E-state index is -0.678. The summed E-state index contributed by atoms with van der Waals surface area (Å²) in [5.74, 6) is -0.329. The standard InChI is InChI=1S/C15H13BrCl2N2O/c16-10-7-11(17)14(12(18)8-10)20-15(21)13(19)6-9-4-2-1-3-5-9/h1-5,7-8,13H,6,19H2,(H,20,21). The molecule has 0 aliphatic heterocycles. The molecule has 0 aliphatic carbocycles. The fraction of sp³-hybridized carbons (Fsp3) is 0.133. The maximum atomic E-state index is 12.1. The summed E-state index contributed by atoms with van der Waals surface area (Å²) in [7, 11) is 0. The number of carbonyl (C=O) groups excluding carboxylic acids is 1. The predicted molar refractivity (Wildman–Crippen MR) is 90.9 cm³/mol. The number of halogens is 3. The van der Waals surface area contributed by atoms with Crippen LogP contribution in [0.25, 0.3) is 0 Å². The molecule has 0 saturated carbocycles. The van der Waals surface area contributed by atoms with Gasteiger partial charge in [-0.05, 0) is 24.1 Å². The van der Waals surface area contributed by atoms with Gasteiger partial charge in [0.15, 0.2) is 0 Å². The van der Waals surface area contributed by atoms with Crippen LogP contribution in [0, 0.1) is 0 Å². The summed E-state index contributed by atoms with van der Waals surface area (Å²) in [6.07, 6.45) is 0.443. The van der Waals surface area contributed by atoms with E-state index in [9.17, 15) is 4.79 Å². The second-order valence-electron chi connectivity index (χ2n) is 4.53. The SMILES string of the molecule is NC(Cc1ccccc1)C(=O)Nc1c(Cl)cc(Br)cc1Cl. The Morgan fingerprint density at radius 1 is 1.19 bits per heavy atom. The molecule has 2 rings (SSSR count). The molecule has 0 spiro atoms. The molecule has 2 aromatic rings. The third-order valence-corrected chi connectivity index (χ3v) is 3.94. The lowest BCUT2D eigenvalue weighted by atomic mass is 10.1. The van der Waals surface area contributed by atoms with Gasteiger partial charge in [0, 0.05) is 4.47 Å². The third kappa shape index (κ3) is 4.45. The van der Waals surface area contributed by atoms with Gasteiger partial charge in [0.2, 0.25) is 5.91 Å². The van der Waals surface area contributed by atoms with E-state index in [1.54, 1.807) is 12.1 Å². The van der Waals surface area contributed by atoms with Crippen molar-refractivity contribution in [2.75, 3.05) is 5.32 Å². The van der Waals surface area contributed by atoms with Crippen molar-refractivity contribution in [1.82, 2.24) is 0 Å². The van der Waals surface area contributed by atoms with Crippen molar-refractivity contribution in [1.29, 1.82) is 0 Å². The molecule has 6 heteroatoms. The topological polar surface area (TPSA) is 55.1 Å². The van der Waals surface area contributed by atoms with Gasteiger partial charge >= 0.3 is 0 Å². The molecule has 3 nitrogen and oxygen atoms in total. The Kier molecular flexibility index (Phi) is 5.65. The van der Waals surface area contributed by atoms with Gasteiger partial charge in [0.25, 0.3) is 0 Å². The lowest BCUT2D eigenvalue weighted by Crippen LogP contribution is -2.37. The van der Waals surface area contributed by atoms with E-state index in [0.717, 1.165) is 10.0 Å². The number of carbonyl (C=O) groups is 1. The van der Waals surface area contributed by atoms with Crippen LogP contribution in [-0.2, 0) is 11.2 Å². The van der Waals surface area contributed by atoms with E-state index >= 15 is 0 Å². The van der Waals surface area contributed by atoms with Crippen LogP contribution in [0.15, 0.2) is 46.9 Å². The summed E-state index contributed by atoms with van der Waals surface area (Å²) < 4.78 is 0.740. The van der Waals surface area contributed by atoms with Crippen LogP contribution in [0.5, 0.6) is 0 Å². The molecule has 0 aliphatic rings. The van der Waals surface area contributed by atoms with Crippen molar-refractivity contribution < 1.29 is 4.79 Å². The molecule has 3 N–H and O–H groups in total. The van der Waals surface area contributed by atoms with E-state index < -0.39 is 6.04 Å². The first-order valence-electron chi connectivity index (χ1n) is 6.22. The minimum Gasteiger partial charge on any atom is -0.322 e. The van der Waals surface area contributed by atoms with Gasteiger partial charge in [-0.2, -0.15) is 0 Å². The highest BCUT2D eigenvalue weighted by Crippen LogP contribution is 2.33. The largest absolute Gasteiger partial charge is 0.322 e. The van der Waals surface area contributed by atoms with Crippen LogP contribution >= 0.6 is 39.1 Å². The molecule has 110 valence electrons. The number of hydrogen-bond donors (Lipinski definition) is 2. The molecule has 0 aromatic heterocycles. The Bertz CT molecular complexity index is 626. The van der Waals surface area contributed by atoms with E-state index in [-0.39, 0.29) is 5.91 Å². The summed E-state index contributed by atoms with van der Waals surface area (Å²) in [5.41, 5.74) is 7.28. The number of amides is 1.